The van der Waals surface area contributed by atoms with Gasteiger partial charge in [0, 0.05) is 33.4 Å². The molecule has 2 aromatic carbocycles. The smallest absolute Gasteiger partial charge is 0.191 e. The van der Waals surface area contributed by atoms with Crippen LogP contribution in [0.4, 0.5) is 0 Å². The van der Waals surface area contributed by atoms with Crippen molar-refractivity contribution in [3.63, 3.8) is 0 Å². The monoisotopic (exact) mass is 367 g/mol. The number of benzene rings is 2. The molecule has 0 unspecified atom stereocenters. The zero-order valence-corrected chi connectivity index (χ0v) is 16.0. The number of aliphatic imine (C=N–C) groups is 1. The van der Waals surface area contributed by atoms with Gasteiger partial charge < -0.3 is 20.1 Å². The Kier molecular flexibility index (Phi) is 7.69. The average molecular weight is 367 g/mol. The van der Waals surface area contributed by atoms with Crippen LogP contribution in [0.3, 0.4) is 0 Å². The quantitative estimate of drug-likeness (QED) is 0.583. The lowest BCUT2D eigenvalue weighted by atomic mass is 10.1. The summed E-state index contributed by atoms with van der Waals surface area (Å²) < 4.78 is 11.3. The Labute approximate surface area is 161 Å². The summed E-state index contributed by atoms with van der Waals surface area (Å²) in [4.78, 5) is 4.28. The van der Waals surface area contributed by atoms with E-state index >= 15 is 0 Å². The van der Waals surface area contributed by atoms with Gasteiger partial charge in [-0.25, -0.2) is 0 Å². The first-order valence-electron chi connectivity index (χ1n) is 9.59. The van der Waals surface area contributed by atoms with Crippen LogP contribution in [0.2, 0.25) is 0 Å². The van der Waals surface area contributed by atoms with Crippen LogP contribution in [-0.4, -0.2) is 32.3 Å². The van der Waals surface area contributed by atoms with E-state index in [0.29, 0.717) is 12.7 Å². The van der Waals surface area contributed by atoms with Crippen LogP contribution in [-0.2, 0) is 29.2 Å². The van der Waals surface area contributed by atoms with Gasteiger partial charge in [-0.05, 0) is 29.5 Å². The van der Waals surface area contributed by atoms with E-state index in [0.717, 1.165) is 45.1 Å². The molecule has 0 saturated carbocycles. The van der Waals surface area contributed by atoms with Crippen LogP contribution < -0.4 is 10.6 Å². The van der Waals surface area contributed by atoms with Crippen molar-refractivity contribution in [3.8, 4) is 0 Å². The van der Waals surface area contributed by atoms with Crippen molar-refractivity contribution in [1.29, 1.82) is 0 Å². The van der Waals surface area contributed by atoms with Crippen LogP contribution in [0, 0.1) is 0 Å². The highest BCUT2D eigenvalue weighted by Gasteiger charge is 2.13. The van der Waals surface area contributed by atoms with E-state index in [1.165, 1.54) is 16.7 Å². The summed E-state index contributed by atoms with van der Waals surface area (Å²) in [5.74, 6) is 0.797. The molecule has 2 aromatic rings. The highest BCUT2D eigenvalue weighted by molar-refractivity contribution is 5.79. The molecule has 1 fully saturated rings. The van der Waals surface area contributed by atoms with Gasteiger partial charge in [0.1, 0.15) is 0 Å². The summed E-state index contributed by atoms with van der Waals surface area (Å²) in [5, 5.41) is 6.69. The molecule has 0 bridgehead atoms. The largest absolute Gasteiger partial charge is 0.381 e. The van der Waals surface area contributed by atoms with Gasteiger partial charge in [0.2, 0.25) is 0 Å². The summed E-state index contributed by atoms with van der Waals surface area (Å²) in [6.07, 6.45) is 2.33. The molecule has 0 amide bonds. The third-order valence-corrected chi connectivity index (χ3v) is 4.66. The van der Waals surface area contributed by atoms with Gasteiger partial charge in [0.25, 0.3) is 0 Å². The molecule has 0 spiro atoms. The lowest BCUT2D eigenvalue weighted by Gasteiger charge is -2.22. The second-order valence-electron chi connectivity index (χ2n) is 6.70. The van der Waals surface area contributed by atoms with Crippen LogP contribution in [0.15, 0.2) is 59.6 Å². The second kappa shape index (κ2) is 10.7. The minimum absolute atomic E-state index is 0.333. The lowest BCUT2D eigenvalue weighted by Crippen LogP contribution is -2.36. The van der Waals surface area contributed by atoms with E-state index in [9.17, 15) is 0 Å². The highest BCUT2D eigenvalue weighted by Crippen LogP contribution is 2.14. The fourth-order valence-corrected chi connectivity index (χ4v) is 3.00. The topological polar surface area (TPSA) is 54.9 Å². The molecule has 144 valence electrons. The van der Waals surface area contributed by atoms with Crippen molar-refractivity contribution in [3.05, 3.63) is 71.3 Å². The predicted octanol–water partition coefficient (Wildman–Crippen LogP) is 3.25. The summed E-state index contributed by atoms with van der Waals surface area (Å²) in [7, 11) is 1.79. The van der Waals surface area contributed by atoms with Crippen molar-refractivity contribution in [2.75, 3.05) is 20.3 Å². The second-order valence-corrected chi connectivity index (χ2v) is 6.70. The lowest BCUT2D eigenvalue weighted by molar-refractivity contribution is -0.0390. The van der Waals surface area contributed by atoms with E-state index in [4.69, 9.17) is 9.47 Å². The van der Waals surface area contributed by atoms with Crippen molar-refractivity contribution in [1.82, 2.24) is 10.6 Å². The van der Waals surface area contributed by atoms with Crippen LogP contribution >= 0.6 is 0 Å². The van der Waals surface area contributed by atoms with Crippen LogP contribution in [0.1, 0.15) is 29.5 Å². The Bertz CT molecular complexity index is 695. The number of guanidine groups is 1. The molecule has 5 heteroatoms. The standard InChI is InChI=1S/C22H29N3O2/c1-23-22(24-15-18-5-3-2-4-6-18)25-16-19-7-9-20(10-8-19)17-27-21-11-13-26-14-12-21/h2-10,21H,11-17H2,1H3,(H2,23,24,25). The van der Waals surface area contributed by atoms with Crippen LogP contribution in [0.5, 0.6) is 0 Å². The minimum Gasteiger partial charge on any atom is -0.381 e. The van der Waals surface area contributed by atoms with Crippen molar-refractivity contribution in [2.45, 2.75) is 38.6 Å². The fourth-order valence-electron chi connectivity index (χ4n) is 3.00. The van der Waals surface area contributed by atoms with Gasteiger partial charge in [0.15, 0.2) is 5.96 Å². The zero-order valence-electron chi connectivity index (χ0n) is 16.0. The Morgan fingerprint density at radius 2 is 1.52 bits per heavy atom. The van der Waals surface area contributed by atoms with Crippen molar-refractivity contribution >= 4 is 5.96 Å². The zero-order chi connectivity index (χ0) is 18.7. The maximum absolute atomic E-state index is 5.97. The van der Waals surface area contributed by atoms with E-state index in [-0.39, 0.29) is 0 Å². The molecule has 2 N–H and O–H groups in total. The number of hydrogen-bond donors (Lipinski definition) is 2. The molecule has 1 aliphatic rings. The minimum atomic E-state index is 0.333. The molecule has 3 rings (SSSR count). The van der Waals surface area contributed by atoms with Crippen molar-refractivity contribution < 1.29 is 9.47 Å². The van der Waals surface area contributed by atoms with Crippen molar-refractivity contribution in [2.24, 2.45) is 4.99 Å². The van der Waals surface area contributed by atoms with Gasteiger partial charge in [-0.1, -0.05) is 54.6 Å². The summed E-state index contributed by atoms with van der Waals surface area (Å²) >= 11 is 0. The molecule has 5 nitrogen and oxygen atoms in total. The number of nitrogens with zero attached hydrogens (tertiary/aromatic N) is 1. The molecule has 1 aliphatic heterocycles. The Balaban J connectivity index is 1.40. The molecular weight excluding hydrogens is 338 g/mol. The van der Waals surface area contributed by atoms with E-state index in [1.54, 1.807) is 7.05 Å². The van der Waals surface area contributed by atoms with Gasteiger partial charge in [-0.2, -0.15) is 0 Å². The van der Waals surface area contributed by atoms with E-state index in [1.807, 2.05) is 18.2 Å². The van der Waals surface area contributed by atoms with Gasteiger partial charge >= 0.3 is 0 Å². The predicted molar refractivity (Wildman–Crippen MR) is 109 cm³/mol. The first kappa shape index (κ1) is 19.4. The average Bonchev–Trinajstić information content (AvgIpc) is 2.74. The van der Waals surface area contributed by atoms with Gasteiger partial charge in [-0.3, -0.25) is 4.99 Å². The number of hydrogen-bond acceptors (Lipinski definition) is 3. The molecule has 0 aromatic heterocycles. The fraction of sp³-hybridized carbons (Fsp3) is 0.409. The maximum atomic E-state index is 5.97. The Morgan fingerprint density at radius 1 is 0.926 bits per heavy atom. The van der Waals surface area contributed by atoms with E-state index < -0.39 is 0 Å². The maximum Gasteiger partial charge on any atom is 0.191 e. The number of ether oxygens (including phenoxy) is 2. The highest BCUT2D eigenvalue weighted by atomic mass is 16.5. The molecule has 1 heterocycles. The molecule has 0 atom stereocenters. The molecule has 0 aliphatic carbocycles. The molecule has 0 radical (unpaired) electrons. The third kappa shape index (κ3) is 6.70. The van der Waals surface area contributed by atoms with Gasteiger partial charge in [0.05, 0.1) is 12.7 Å². The Hall–Kier alpha value is -2.37. The molecule has 27 heavy (non-hydrogen) atoms. The first-order valence-corrected chi connectivity index (χ1v) is 9.59. The summed E-state index contributed by atoms with van der Waals surface area (Å²) in [5.41, 5.74) is 3.65. The summed E-state index contributed by atoms with van der Waals surface area (Å²) in [6.45, 7) is 3.78. The molecular formula is C22H29N3O2. The first-order chi connectivity index (χ1) is 13.3. The number of nitrogens with one attached hydrogen (secondary N) is 2. The van der Waals surface area contributed by atoms with Gasteiger partial charge in [-0.15, -0.1) is 0 Å². The van der Waals surface area contributed by atoms with E-state index in [2.05, 4.69) is 52.0 Å². The molecule has 1 saturated heterocycles. The third-order valence-electron chi connectivity index (χ3n) is 4.66. The van der Waals surface area contributed by atoms with Crippen LogP contribution in [0.25, 0.3) is 0 Å². The number of rotatable bonds is 7. The normalized spacial score (nSPS) is 15.5. The SMILES string of the molecule is CN=C(NCc1ccccc1)NCc1ccc(COC2CCOCC2)cc1. The summed E-state index contributed by atoms with van der Waals surface area (Å²) in [6, 6.07) is 18.9. The Morgan fingerprint density at radius 3 is 2.15 bits per heavy atom.